The van der Waals surface area contributed by atoms with Crippen LogP contribution in [0.25, 0.3) is 5.70 Å². The highest BCUT2D eigenvalue weighted by Crippen LogP contribution is 2.43. The monoisotopic (exact) mass is 514 g/mol. The Kier molecular flexibility index (Phi) is 6.55. The second-order valence-electron chi connectivity index (χ2n) is 9.82. The SMILES string of the molecule is Cc1cc(N2C[C@@H]3C[C@H]2C[C@H]3OCC(C(=O)C2CC2)=C(N)c2c(Cl)cccc2Cl)ccc1C(=O)O. The van der Waals surface area contributed by atoms with Gasteiger partial charge in [-0.1, -0.05) is 29.3 Å². The normalized spacial score (nSPS) is 24.0. The molecule has 2 aromatic carbocycles. The number of Topliss-reactive ketones (excluding diaryl/α,β-unsaturated/α-hetero) is 1. The van der Waals surface area contributed by atoms with Crippen molar-refractivity contribution >= 4 is 46.3 Å². The Morgan fingerprint density at radius 2 is 1.86 bits per heavy atom. The van der Waals surface area contributed by atoms with Crippen LogP contribution >= 0.6 is 23.2 Å². The maximum atomic E-state index is 13.1. The lowest BCUT2D eigenvalue weighted by atomic mass is 10.0. The molecule has 2 aromatic rings. The molecule has 2 bridgehead atoms. The highest BCUT2D eigenvalue weighted by Gasteiger charge is 2.46. The minimum atomic E-state index is -0.910. The lowest BCUT2D eigenvalue weighted by molar-refractivity contribution is -0.117. The van der Waals surface area contributed by atoms with Gasteiger partial charge in [-0.15, -0.1) is 0 Å². The summed E-state index contributed by atoms with van der Waals surface area (Å²) in [5, 5.41) is 10.1. The standard InChI is InChI=1S/C27H28Cl2N2O4/c1-14-9-17(7-8-19(14)27(33)34)31-12-16-10-18(31)11-23(16)35-13-20(26(32)15-5-6-15)25(30)24-21(28)3-2-4-22(24)29/h2-4,7-9,15-16,18,23H,5-6,10-13,30H2,1H3,(H,33,34)/t16-,18-,23+/m0/s1. The molecule has 2 aliphatic carbocycles. The summed E-state index contributed by atoms with van der Waals surface area (Å²) in [6.45, 7) is 2.80. The number of ether oxygens (including phenoxy) is 1. The van der Waals surface area contributed by atoms with Gasteiger partial charge in [0.15, 0.2) is 5.78 Å². The van der Waals surface area contributed by atoms with Crippen LogP contribution in [0.2, 0.25) is 10.0 Å². The molecule has 0 unspecified atom stereocenters. The highest BCUT2D eigenvalue weighted by atomic mass is 35.5. The van der Waals surface area contributed by atoms with E-state index in [1.54, 1.807) is 24.3 Å². The molecule has 1 heterocycles. The highest BCUT2D eigenvalue weighted by molar-refractivity contribution is 6.37. The van der Waals surface area contributed by atoms with Gasteiger partial charge in [0.1, 0.15) is 0 Å². The van der Waals surface area contributed by atoms with Crippen LogP contribution in [0.15, 0.2) is 42.0 Å². The maximum absolute atomic E-state index is 13.1. The van der Waals surface area contributed by atoms with Crippen molar-refractivity contribution in [1.82, 2.24) is 0 Å². The Morgan fingerprint density at radius 3 is 2.43 bits per heavy atom. The van der Waals surface area contributed by atoms with E-state index in [1.807, 2.05) is 19.1 Å². The van der Waals surface area contributed by atoms with E-state index in [9.17, 15) is 14.7 Å². The Bertz CT molecular complexity index is 1200. The lowest BCUT2D eigenvalue weighted by Crippen LogP contribution is -2.39. The molecule has 0 radical (unpaired) electrons. The summed E-state index contributed by atoms with van der Waals surface area (Å²) in [4.78, 5) is 26.8. The molecular weight excluding hydrogens is 487 g/mol. The maximum Gasteiger partial charge on any atom is 0.335 e. The van der Waals surface area contributed by atoms with Crippen LogP contribution in [0.3, 0.4) is 0 Å². The van der Waals surface area contributed by atoms with Crippen LogP contribution < -0.4 is 10.6 Å². The van der Waals surface area contributed by atoms with Gasteiger partial charge in [0, 0.05) is 41.2 Å². The average Bonchev–Trinajstić information content (AvgIpc) is 3.48. The number of aryl methyl sites for hydroxylation is 1. The molecule has 184 valence electrons. The number of carbonyl (C=O) groups excluding carboxylic acids is 1. The molecule has 6 nitrogen and oxygen atoms in total. The molecule has 3 aliphatic rings. The molecule has 8 heteroatoms. The number of rotatable bonds is 8. The van der Waals surface area contributed by atoms with Crippen LogP contribution in [0.5, 0.6) is 0 Å². The topological polar surface area (TPSA) is 92.9 Å². The van der Waals surface area contributed by atoms with Gasteiger partial charge in [-0.25, -0.2) is 4.79 Å². The van der Waals surface area contributed by atoms with Crippen LogP contribution in [-0.2, 0) is 9.53 Å². The molecule has 3 atom stereocenters. The number of fused-ring (bicyclic) bond motifs is 2. The first-order chi connectivity index (χ1) is 16.7. The van der Waals surface area contributed by atoms with Crippen molar-refractivity contribution in [3.05, 3.63) is 68.7 Å². The van der Waals surface area contributed by atoms with Gasteiger partial charge < -0.3 is 20.5 Å². The second-order valence-corrected chi connectivity index (χ2v) is 10.6. The summed E-state index contributed by atoms with van der Waals surface area (Å²) < 4.78 is 6.33. The van der Waals surface area contributed by atoms with E-state index < -0.39 is 5.97 Å². The fourth-order valence-corrected chi connectivity index (χ4v) is 6.06. The third-order valence-electron chi connectivity index (χ3n) is 7.49. The van der Waals surface area contributed by atoms with Gasteiger partial charge in [-0.05, 0) is 68.5 Å². The number of benzene rings is 2. The number of anilines is 1. The first kappa shape index (κ1) is 24.2. The van der Waals surface area contributed by atoms with E-state index in [0.717, 1.165) is 43.5 Å². The van der Waals surface area contributed by atoms with Crippen molar-refractivity contribution < 1.29 is 19.4 Å². The number of carboxylic acid groups (broad SMARTS) is 1. The van der Waals surface area contributed by atoms with Crippen molar-refractivity contribution in [2.45, 2.75) is 44.8 Å². The quantitative estimate of drug-likeness (QED) is 0.462. The minimum absolute atomic E-state index is 0.000878. The van der Waals surface area contributed by atoms with E-state index in [-0.39, 0.29) is 24.4 Å². The molecule has 0 amide bonds. The van der Waals surface area contributed by atoms with Crippen LogP contribution in [0.1, 0.15) is 47.2 Å². The van der Waals surface area contributed by atoms with Gasteiger partial charge in [0.2, 0.25) is 0 Å². The number of carbonyl (C=O) groups is 2. The van der Waals surface area contributed by atoms with Gasteiger partial charge in [0.25, 0.3) is 0 Å². The lowest BCUT2D eigenvalue weighted by Gasteiger charge is -2.33. The van der Waals surface area contributed by atoms with Crippen LogP contribution in [-0.4, -0.2) is 42.2 Å². The number of aromatic carboxylic acids is 1. The molecule has 3 N–H and O–H groups in total. The fourth-order valence-electron chi connectivity index (χ4n) is 5.46. The second kappa shape index (κ2) is 9.49. The first-order valence-electron chi connectivity index (χ1n) is 11.9. The summed E-state index contributed by atoms with van der Waals surface area (Å²) >= 11 is 12.7. The summed E-state index contributed by atoms with van der Waals surface area (Å²) in [5.41, 5.74) is 9.85. The average molecular weight is 515 g/mol. The fraction of sp³-hybridized carbons (Fsp3) is 0.407. The molecule has 5 rings (SSSR count). The van der Waals surface area contributed by atoms with Crippen LogP contribution in [0, 0.1) is 18.8 Å². The van der Waals surface area contributed by atoms with E-state index in [2.05, 4.69) is 4.90 Å². The number of halogens is 2. The minimum Gasteiger partial charge on any atom is -0.478 e. The summed E-state index contributed by atoms with van der Waals surface area (Å²) in [6.07, 6.45) is 3.63. The first-order valence-corrected chi connectivity index (χ1v) is 12.7. The van der Waals surface area contributed by atoms with E-state index >= 15 is 0 Å². The molecule has 3 fully saturated rings. The predicted octanol–water partition coefficient (Wildman–Crippen LogP) is 5.33. The number of piperidine rings is 1. The molecule has 35 heavy (non-hydrogen) atoms. The predicted molar refractivity (Wildman–Crippen MR) is 137 cm³/mol. The molecule has 0 spiro atoms. The van der Waals surface area contributed by atoms with Gasteiger partial charge in [0.05, 0.1) is 34.0 Å². The van der Waals surface area contributed by atoms with Crippen molar-refractivity contribution in [2.24, 2.45) is 17.6 Å². The van der Waals surface area contributed by atoms with Gasteiger partial charge >= 0.3 is 5.97 Å². The van der Waals surface area contributed by atoms with Gasteiger partial charge in [-0.3, -0.25) is 4.79 Å². The zero-order valence-corrected chi connectivity index (χ0v) is 21.0. The third kappa shape index (κ3) is 4.67. The zero-order chi connectivity index (χ0) is 24.9. The Balaban J connectivity index is 1.30. The third-order valence-corrected chi connectivity index (χ3v) is 8.12. The number of carboxylic acids is 1. The molecular formula is C27H28Cl2N2O4. The largest absolute Gasteiger partial charge is 0.478 e. The zero-order valence-electron chi connectivity index (χ0n) is 19.5. The van der Waals surface area contributed by atoms with E-state index in [0.29, 0.717) is 44.4 Å². The number of ketones is 1. The number of hydrogen-bond acceptors (Lipinski definition) is 5. The molecule has 1 aliphatic heterocycles. The summed E-state index contributed by atoms with van der Waals surface area (Å²) in [7, 11) is 0. The Labute approximate surface area is 214 Å². The van der Waals surface area contributed by atoms with E-state index in [1.165, 1.54) is 0 Å². The van der Waals surface area contributed by atoms with Crippen LogP contribution in [0.4, 0.5) is 5.69 Å². The number of nitrogens with zero attached hydrogens (tertiary/aromatic N) is 1. The summed E-state index contributed by atoms with van der Waals surface area (Å²) in [6, 6.07) is 11.0. The molecule has 2 saturated carbocycles. The van der Waals surface area contributed by atoms with Crippen molar-refractivity contribution in [3.8, 4) is 0 Å². The molecule has 1 saturated heterocycles. The smallest absolute Gasteiger partial charge is 0.335 e. The Morgan fingerprint density at radius 1 is 1.14 bits per heavy atom. The molecule has 0 aromatic heterocycles. The van der Waals surface area contributed by atoms with E-state index in [4.69, 9.17) is 33.7 Å². The van der Waals surface area contributed by atoms with Gasteiger partial charge in [-0.2, -0.15) is 0 Å². The van der Waals surface area contributed by atoms with Crippen molar-refractivity contribution in [3.63, 3.8) is 0 Å². The number of hydrogen-bond donors (Lipinski definition) is 2. The number of nitrogens with two attached hydrogens (primary N) is 1. The summed E-state index contributed by atoms with van der Waals surface area (Å²) in [5.74, 6) is -0.549. The Hall–Kier alpha value is -2.54. The van der Waals surface area contributed by atoms with Crippen molar-refractivity contribution in [1.29, 1.82) is 0 Å². The van der Waals surface area contributed by atoms with Crippen molar-refractivity contribution in [2.75, 3.05) is 18.1 Å².